The van der Waals surface area contributed by atoms with E-state index in [1.165, 1.54) is 11.5 Å². The number of pyridine rings is 1. The van der Waals surface area contributed by atoms with Crippen LogP contribution >= 0.6 is 35.5 Å². The van der Waals surface area contributed by atoms with Crippen LogP contribution in [0.4, 0.5) is 0 Å². The highest BCUT2D eigenvalue weighted by Gasteiger charge is 2.09. The molecule has 3 aromatic rings. The summed E-state index contributed by atoms with van der Waals surface area (Å²) in [6.45, 7) is 0. The Morgan fingerprint density at radius 3 is 2.85 bits per heavy atom. The number of aromatic amines is 1. The van der Waals surface area contributed by atoms with E-state index in [-0.39, 0.29) is 18.0 Å². The van der Waals surface area contributed by atoms with Gasteiger partial charge in [-0.25, -0.2) is 0 Å². The van der Waals surface area contributed by atoms with Gasteiger partial charge in [-0.1, -0.05) is 29.2 Å². The van der Waals surface area contributed by atoms with Crippen molar-refractivity contribution in [1.82, 2.24) is 9.36 Å². The molecule has 0 aliphatic rings. The van der Waals surface area contributed by atoms with Crippen LogP contribution in [0.1, 0.15) is 11.3 Å². The average molecular weight is 327 g/mol. The van der Waals surface area contributed by atoms with Gasteiger partial charge in [-0.15, -0.1) is 12.4 Å². The van der Waals surface area contributed by atoms with E-state index >= 15 is 0 Å². The van der Waals surface area contributed by atoms with Gasteiger partial charge in [0.25, 0.3) is 5.56 Å². The van der Waals surface area contributed by atoms with Crippen molar-refractivity contribution < 1.29 is 0 Å². The van der Waals surface area contributed by atoms with Crippen molar-refractivity contribution >= 4 is 45.6 Å². The summed E-state index contributed by atoms with van der Waals surface area (Å²) >= 11 is 7.42. The van der Waals surface area contributed by atoms with Gasteiger partial charge in [0.05, 0.1) is 10.1 Å². The summed E-state index contributed by atoms with van der Waals surface area (Å²) in [5.74, 6) is 0. The first-order chi connectivity index (χ1) is 9.24. The first-order valence-electron chi connectivity index (χ1n) is 5.93. The molecule has 0 bridgehead atoms. The van der Waals surface area contributed by atoms with Crippen LogP contribution in [0.5, 0.6) is 0 Å². The summed E-state index contributed by atoms with van der Waals surface area (Å²) in [4.78, 5) is 16.1. The SMILES string of the molecule is Cl.O=c1[nH]sc2cc(Cl)cc(CCc3ccccn3)c12. The van der Waals surface area contributed by atoms with E-state index in [9.17, 15) is 4.79 Å². The van der Waals surface area contributed by atoms with Crippen molar-refractivity contribution in [3.63, 3.8) is 0 Å². The molecule has 20 heavy (non-hydrogen) atoms. The molecule has 0 saturated carbocycles. The minimum absolute atomic E-state index is 0. The highest BCUT2D eigenvalue weighted by Crippen LogP contribution is 2.25. The van der Waals surface area contributed by atoms with E-state index in [0.29, 0.717) is 5.02 Å². The summed E-state index contributed by atoms with van der Waals surface area (Å²) in [6.07, 6.45) is 3.33. The molecule has 1 N–H and O–H groups in total. The molecule has 0 spiro atoms. The molecule has 0 fully saturated rings. The van der Waals surface area contributed by atoms with E-state index in [2.05, 4.69) is 9.36 Å². The smallest absolute Gasteiger partial charge is 0.266 e. The molecule has 1 aromatic carbocycles. The Morgan fingerprint density at radius 1 is 1.25 bits per heavy atom. The Labute approximate surface area is 131 Å². The first kappa shape index (κ1) is 15.0. The molecule has 2 aromatic heterocycles. The monoisotopic (exact) mass is 326 g/mol. The zero-order chi connectivity index (χ0) is 13.2. The maximum atomic E-state index is 11.8. The summed E-state index contributed by atoms with van der Waals surface area (Å²) in [6, 6.07) is 9.54. The average Bonchev–Trinajstić information content (AvgIpc) is 2.79. The van der Waals surface area contributed by atoms with Crippen LogP contribution in [0.15, 0.2) is 41.3 Å². The minimum Gasteiger partial charge on any atom is -0.277 e. The van der Waals surface area contributed by atoms with Gasteiger partial charge < -0.3 is 0 Å². The second kappa shape index (κ2) is 6.39. The first-order valence-corrected chi connectivity index (χ1v) is 7.13. The maximum absolute atomic E-state index is 11.8. The van der Waals surface area contributed by atoms with Crippen LogP contribution in [0.25, 0.3) is 10.1 Å². The summed E-state index contributed by atoms with van der Waals surface area (Å²) in [5, 5.41) is 1.42. The Morgan fingerprint density at radius 2 is 2.10 bits per heavy atom. The third-order valence-electron chi connectivity index (χ3n) is 3.01. The number of fused-ring (bicyclic) bond motifs is 1. The lowest BCUT2D eigenvalue weighted by Crippen LogP contribution is -2.02. The van der Waals surface area contributed by atoms with Crippen molar-refractivity contribution in [3.8, 4) is 0 Å². The molecular weight excluding hydrogens is 315 g/mol. The second-order valence-electron chi connectivity index (χ2n) is 4.29. The van der Waals surface area contributed by atoms with E-state index in [1.807, 2.05) is 30.3 Å². The summed E-state index contributed by atoms with van der Waals surface area (Å²) in [7, 11) is 0. The molecule has 0 unspecified atom stereocenters. The van der Waals surface area contributed by atoms with Gasteiger partial charge in [0.15, 0.2) is 0 Å². The fraction of sp³-hybridized carbons (Fsp3) is 0.143. The Kier molecular flexibility index (Phi) is 4.81. The molecular formula is C14H12Cl2N2OS. The number of hydrogen-bond acceptors (Lipinski definition) is 3. The van der Waals surface area contributed by atoms with Gasteiger partial charge >= 0.3 is 0 Å². The van der Waals surface area contributed by atoms with Crippen LogP contribution in [0.3, 0.4) is 0 Å². The lowest BCUT2D eigenvalue weighted by molar-refractivity contribution is 0.919. The van der Waals surface area contributed by atoms with Crippen LogP contribution in [-0.4, -0.2) is 9.36 Å². The van der Waals surface area contributed by atoms with Gasteiger partial charge in [-0.05, 0) is 42.7 Å². The number of benzene rings is 1. The third-order valence-corrected chi connectivity index (χ3v) is 4.05. The highest BCUT2D eigenvalue weighted by atomic mass is 35.5. The van der Waals surface area contributed by atoms with Crippen molar-refractivity contribution in [3.05, 3.63) is 63.2 Å². The van der Waals surface area contributed by atoms with Crippen LogP contribution < -0.4 is 5.56 Å². The minimum atomic E-state index is -0.0345. The predicted octanol–water partition coefficient (Wildman–Crippen LogP) is 3.85. The summed E-state index contributed by atoms with van der Waals surface area (Å²) < 4.78 is 3.66. The predicted molar refractivity (Wildman–Crippen MR) is 86.3 cm³/mol. The third kappa shape index (κ3) is 3.03. The molecule has 2 heterocycles. The number of rotatable bonds is 3. The Balaban J connectivity index is 0.00000147. The van der Waals surface area contributed by atoms with E-state index in [0.717, 1.165) is 34.2 Å². The molecule has 0 radical (unpaired) electrons. The number of nitrogens with one attached hydrogen (secondary N) is 1. The number of hydrogen-bond donors (Lipinski definition) is 1. The van der Waals surface area contributed by atoms with E-state index in [4.69, 9.17) is 11.6 Å². The molecule has 0 aliphatic heterocycles. The van der Waals surface area contributed by atoms with Crippen molar-refractivity contribution in [2.24, 2.45) is 0 Å². The fourth-order valence-corrected chi connectivity index (χ4v) is 3.25. The largest absolute Gasteiger partial charge is 0.277 e. The molecule has 3 rings (SSSR count). The Bertz CT molecular complexity index is 768. The van der Waals surface area contributed by atoms with Gasteiger partial charge in [0.1, 0.15) is 0 Å². The molecule has 0 amide bonds. The molecule has 104 valence electrons. The van der Waals surface area contributed by atoms with E-state index in [1.54, 1.807) is 6.20 Å². The molecule has 3 nitrogen and oxygen atoms in total. The highest BCUT2D eigenvalue weighted by molar-refractivity contribution is 7.13. The summed E-state index contributed by atoms with van der Waals surface area (Å²) in [5.41, 5.74) is 1.96. The van der Waals surface area contributed by atoms with Crippen LogP contribution in [0.2, 0.25) is 5.02 Å². The van der Waals surface area contributed by atoms with Crippen LogP contribution in [-0.2, 0) is 12.8 Å². The fourth-order valence-electron chi connectivity index (χ4n) is 2.13. The topological polar surface area (TPSA) is 45.8 Å². The molecule has 6 heteroatoms. The second-order valence-corrected chi connectivity index (χ2v) is 5.58. The zero-order valence-electron chi connectivity index (χ0n) is 10.4. The van der Waals surface area contributed by atoms with Crippen LogP contribution in [0, 0.1) is 0 Å². The van der Waals surface area contributed by atoms with Gasteiger partial charge in [-0.2, -0.15) is 0 Å². The Hall–Kier alpha value is -1.36. The van der Waals surface area contributed by atoms with Crippen molar-refractivity contribution in [2.45, 2.75) is 12.8 Å². The van der Waals surface area contributed by atoms with Crippen molar-refractivity contribution in [2.75, 3.05) is 0 Å². The quantitative estimate of drug-likeness (QED) is 0.794. The van der Waals surface area contributed by atoms with Crippen molar-refractivity contribution in [1.29, 1.82) is 0 Å². The lowest BCUT2D eigenvalue weighted by Gasteiger charge is -2.03. The molecule has 0 atom stereocenters. The lowest BCUT2D eigenvalue weighted by atomic mass is 10.0. The molecule has 0 saturated heterocycles. The number of H-pyrrole nitrogens is 1. The number of aromatic nitrogens is 2. The number of aryl methyl sites for hydroxylation is 2. The van der Waals surface area contributed by atoms with Gasteiger partial charge in [0, 0.05) is 16.9 Å². The normalized spacial score (nSPS) is 10.4. The van der Waals surface area contributed by atoms with E-state index < -0.39 is 0 Å². The zero-order valence-corrected chi connectivity index (χ0v) is 12.8. The maximum Gasteiger partial charge on any atom is 0.266 e. The standard InChI is InChI=1S/C14H11ClN2OS.ClH/c15-10-7-9(4-5-11-3-1-2-6-16-11)13-12(8-10)19-17-14(13)18;/h1-3,6-8H,4-5H2,(H,17,18);1H. The molecule has 0 aliphatic carbocycles. The van der Waals surface area contributed by atoms with Gasteiger partial charge in [0.2, 0.25) is 0 Å². The van der Waals surface area contributed by atoms with Gasteiger partial charge in [-0.3, -0.25) is 14.2 Å². The number of halogens is 2. The number of nitrogens with zero attached hydrogens (tertiary/aromatic N) is 1.